The fourth-order valence-electron chi connectivity index (χ4n) is 3.37. The van der Waals surface area contributed by atoms with Crippen LogP contribution >= 0.6 is 0 Å². The number of rotatable bonds is 4. The molecule has 41 heavy (non-hydrogen) atoms. The van der Waals surface area contributed by atoms with Crippen LogP contribution in [0.25, 0.3) is 0 Å². The highest BCUT2D eigenvalue weighted by molar-refractivity contribution is 5.84. The van der Waals surface area contributed by atoms with Crippen LogP contribution in [-0.4, -0.2) is 11.9 Å². The monoisotopic (exact) mass is 536 g/mol. The summed E-state index contributed by atoms with van der Waals surface area (Å²) in [6, 6.07) is 25.5. The summed E-state index contributed by atoms with van der Waals surface area (Å²) >= 11 is 0. The van der Waals surface area contributed by atoms with Crippen LogP contribution in [0.4, 0.5) is 4.39 Å². The van der Waals surface area contributed by atoms with Gasteiger partial charge in [-0.2, -0.15) is 0 Å². The van der Waals surface area contributed by atoms with E-state index in [1.807, 2.05) is 0 Å². The Morgan fingerprint density at radius 2 is 0.976 bits per heavy atom. The van der Waals surface area contributed by atoms with Gasteiger partial charge in [-0.3, -0.25) is 0 Å². The third-order valence-electron chi connectivity index (χ3n) is 5.41. The third-order valence-corrected chi connectivity index (χ3v) is 5.41. The van der Waals surface area contributed by atoms with Crippen molar-refractivity contribution in [2.24, 2.45) is 0 Å². The lowest BCUT2D eigenvalue weighted by Crippen LogP contribution is -2.04. The molecule has 0 aliphatic carbocycles. The predicted molar refractivity (Wildman–Crippen MR) is 155 cm³/mol. The van der Waals surface area contributed by atoms with E-state index in [1.165, 1.54) is 6.07 Å². The zero-order chi connectivity index (χ0) is 29.0. The minimum absolute atomic E-state index is 0.227. The van der Waals surface area contributed by atoms with Crippen LogP contribution in [0.1, 0.15) is 33.4 Å². The Hall–Kier alpha value is -6.09. The molecular weight excluding hydrogens is 515 g/mol. The van der Waals surface area contributed by atoms with Crippen molar-refractivity contribution in [3.63, 3.8) is 0 Å². The normalized spacial score (nSPS) is 9.39. The third kappa shape index (κ3) is 7.95. The quantitative estimate of drug-likeness (QED) is 0.135. The van der Waals surface area contributed by atoms with E-state index < -0.39 is 17.8 Å². The molecule has 0 unspecified atom stereocenters. The lowest BCUT2D eigenvalue weighted by molar-refractivity contribution is -0.129. The average molecular weight is 537 g/mol. The molecule has 0 bridgehead atoms. The van der Waals surface area contributed by atoms with Crippen molar-refractivity contribution in [2.75, 3.05) is 0 Å². The van der Waals surface area contributed by atoms with Crippen LogP contribution in [0.15, 0.2) is 116 Å². The number of esters is 2. The molecule has 0 aliphatic rings. The minimum atomic E-state index is -0.592. The van der Waals surface area contributed by atoms with Crippen molar-refractivity contribution in [1.82, 2.24) is 0 Å². The summed E-state index contributed by atoms with van der Waals surface area (Å²) in [6.07, 6.45) is 2.15. The van der Waals surface area contributed by atoms with E-state index in [4.69, 9.17) is 9.47 Å². The van der Waals surface area contributed by atoms with Gasteiger partial charge < -0.3 is 9.47 Å². The molecule has 0 N–H and O–H groups in total. The first-order valence-electron chi connectivity index (χ1n) is 12.3. The van der Waals surface area contributed by atoms with Gasteiger partial charge in [-0.25, -0.2) is 14.0 Å². The second kappa shape index (κ2) is 13.6. The van der Waals surface area contributed by atoms with Crippen molar-refractivity contribution in [1.29, 1.82) is 0 Å². The highest BCUT2D eigenvalue weighted by atomic mass is 19.1. The van der Waals surface area contributed by atoms with Crippen LogP contribution in [0.2, 0.25) is 0 Å². The molecule has 4 aromatic carbocycles. The number of carbonyl (C=O) groups excluding carboxylic acids is 2. The van der Waals surface area contributed by atoms with Crippen LogP contribution in [0.5, 0.6) is 11.5 Å². The number of halogens is 1. The Balaban J connectivity index is 1.46. The van der Waals surface area contributed by atoms with Gasteiger partial charge in [-0.05, 0) is 66.7 Å². The van der Waals surface area contributed by atoms with Gasteiger partial charge >= 0.3 is 11.9 Å². The summed E-state index contributed by atoms with van der Waals surface area (Å²) in [4.78, 5) is 23.1. The van der Waals surface area contributed by atoms with Crippen LogP contribution in [-0.2, 0) is 9.59 Å². The van der Waals surface area contributed by atoms with Crippen molar-refractivity contribution in [3.05, 3.63) is 156 Å². The first-order chi connectivity index (χ1) is 19.9. The SMILES string of the molecule is C=CC(=O)Oc1ccccc1C#Cc1ccc(C#Cc2ccc(C#Cc3ccccc3OC(=O)C=C)cc2F)cc1. The van der Waals surface area contributed by atoms with Crippen molar-refractivity contribution in [3.8, 4) is 47.0 Å². The van der Waals surface area contributed by atoms with E-state index in [0.29, 0.717) is 33.8 Å². The number of para-hydroxylation sites is 2. The fraction of sp³-hybridized carbons (Fsp3) is 0. The number of ether oxygens (including phenoxy) is 2. The number of benzene rings is 4. The van der Waals surface area contributed by atoms with Crippen molar-refractivity contribution >= 4 is 11.9 Å². The smallest absolute Gasteiger partial charge is 0.335 e. The van der Waals surface area contributed by atoms with Gasteiger partial charge in [0.2, 0.25) is 0 Å². The lowest BCUT2D eigenvalue weighted by atomic mass is 10.1. The molecular formula is C36H21FO4. The molecule has 0 saturated heterocycles. The van der Waals surface area contributed by atoms with E-state index in [-0.39, 0.29) is 5.56 Å². The maximum Gasteiger partial charge on any atom is 0.335 e. The van der Waals surface area contributed by atoms with Gasteiger partial charge in [0.05, 0.1) is 16.7 Å². The molecule has 0 spiro atoms. The molecule has 4 rings (SSSR count). The average Bonchev–Trinajstić information content (AvgIpc) is 3.00. The van der Waals surface area contributed by atoms with Crippen molar-refractivity contribution in [2.45, 2.75) is 0 Å². The molecule has 0 atom stereocenters. The molecule has 0 saturated carbocycles. The fourth-order valence-corrected chi connectivity index (χ4v) is 3.37. The maximum absolute atomic E-state index is 14.7. The first kappa shape index (κ1) is 27.9. The van der Waals surface area contributed by atoms with Gasteiger partial charge in [-0.1, -0.05) is 72.9 Å². The molecule has 0 heterocycles. The predicted octanol–water partition coefficient (Wildman–Crippen LogP) is 6.21. The van der Waals surface area contributed by atoms with E-state index in [0.717, 1.165) is 17.7 Å². The number of hydrogen-bond acceptors (Lipinski definition) is 4. The van der Waals surface area contributed by atoms with Gasteiger partial charge in [0.15, 0.2) is 0 Å². The molecule has 0 aromatic heterocycles. The minimum Gasteiger partial charge on any atom is -0.422 e. The summed E-state index contributed by atoms with van der Waals surface area (Å²) in [5, 5.41) is 0. The topological polar surface area (TPSA) is 52.6 Å². The van der Waals surface area contributed by atoms with E-state index in [2.05, 4.69) is 48.7 Å². The Morgan fingerprint density at radius 3 is 1.44 bits per heavy atom. The van der Waals surface area contributed by atoms with Gasteiger partial charge in [-0.15, -0.1) is 0 Å². The van der Waals surface area contributed by atoms with E-state index >= 15 is 0 Å². The molecule has 0 radical (unpaired) electrons. The molecule has 0 fully saturated rings. The molecule has 4 aromatic rings. The Morgan fingerprint density at radius 1 is 0.561 bits per heavy atom. The van der Waals surface area contributed by atoms with E-state index in [1.54, 1.807) is 84.9 Å². The summed E-state index contributed by atoms with van der Waals surface area (Å²) in [6.45, 7) is 6.78. The highest BCUT2D eigenvalue weighted by Crippen LogP contribution is 2.19. The largest absolute Gasteiger partial charge is 0.422 e. The second-order valence-corrected chi connectivity index (χ2v) is 8.26. The molecule has 0 aliphatic heterocycles. The number of carbonyl (C=O) groups is 2. The van der Waals surface area contributed by atoms with Gasteiger partial charge in [0.25, 0.3) is 0 Å². The summed E-state index contributed by atoms with van der Waals surface area (Å²) in [5.41, 5.74) is 3.14. The van der Waals surface area contributed by atoms with Crippen LogP contribution < -0.4 is 9.47 Å². The summed E-state index contributed by atoms with van der Waals surface area (Å²) in [5.74, 6) is 16.6. The lowest BCUT2D eigenvalue weighted by Gasteiger charge is -2.03. The second-order valence-electron chi connectivity index (χ2n) is 8.26. The van der Waals surface area contributed by atoms with Gasteiger partial charge in [0, 0.05) is 28.8 Å². The van der Waals surface area contributed by atoms with Crippen LogP contribution in [0, 0.1) is 41.3 Å². The number of hydrogen-bond donors (Lipinski definition) is 0. The highest BCUT2D eigenvalue weighted by Gasteiger charge is 2.06. The standard InChI is InChI=1S/C36H21FO4/c1-3-35(38)40-33-11-7-5-9-30(33)23-18-27-15-13-26(14-16-27)17-21-29-22-19-28(25-32(29)37)20-24-31-10-6-8-12-34(31)41-36(39)4-2/h3-16,19,22,25H,1-2H2. The summed E-state index contributed by atoms with van der Waals surface area (Å²) in [7, 11) is 0. The summed E-state index contributed by atoms with van der Waals surface area (Å²) < 4.78 is 25.1. The molecule has 4 nitrogen and oxygen atoms in total. The van der Waals surface area contributed by atoms with Crippen LogP contribution in [0.3, 0.4) is 0 Å². The first-order valence-corrected chi connectivity index (χ1v) is 12.3. The molecule has 5 heteroatoms. The van der Waals surface area contributed by atoms with E-state index in [9.17, 15) is 14.0 Å². The Labute approximate surface area is 237 Å². The molecule has 0 amide bonds. The maximum atomic E-state index is 14.7. The van der Waals surface area contributed by atoms with Gasteiger partial charge in [0.1, 0.15) is 17.3 Å². The zero-order valence-electron chi connectivity index (χ0n) is 21.7. The zero-order valence-corrected chi connectivity index (χ0v) is 21.7. The Kier molecular flexibility index (Phi) is 9.29. The molecule has 196 valence electrons. The van der Waals surface area contributed by atoms with Crippen molar-refractivity contribution < 1.29 is 23.5 Å². The Bertz CT molecular complexity index is 1830.